The third-order valence-corrected chi connectivity index (χ3v) is 3.84. The molecule has 0 saturated heterocycles. The van der Waals surface area contributed by atoms with Crippen molar-refractivity contribution in [2.45, 2.75) is 64.4 Å². The van der Waals surface area contributed by atoms with Crippen molar-refractivity contribution in [2.24, 2.45) is 0 Å². The van der Waals surface area contributed by atoms with Gasteiger partial charge in [-0.2, -0.15) is 0 Å². The lowest BCUT2D eigenvalue weighted by molar-refractivity contribution is -0.149. The van der Waals surface area contributed by atoms with E-state index in [-0.39, 0.29) is 12.1 Å². The van der Waals surface area contributed by atoms with E-state index in [1.54, 1.807) is 0 Å². The minimum Gasteiger partial charge on any atom is -0.457 e. The molecule has 1 atom stereocenters. The summed E-state index contributed by atoms with van der Waals surface area (Å²) in [6, 6.07) is 8.29. The van der Waals surface area contributed by atoms with E-state index in [4.69, 9.17) is 4.74 Å². The van der Waals surface area contributed by atoms with E-state index < -0.39 is 0 Å². The molecule has 0 spiro atoms. The molecule has 1 aromatic carbocycles. The third kappa shape index (κ3) is 4.09. The maximum absolute atomic E-state index is 11.8. The number of esters is 1. The summed E-state index contributed by atoms with van der Waals surface area (Å²) >= 11 is 0. The first-order valence-electron chi connectivity index (χ1n) is 7.58. The molecule has 0 saturated carbocycles. The molecule has 1 aliphatic carbocycles. The molecule has 0 amide bonds. The van der Waals surface area contributed by atoms with Crippen molar-refractivity contribution in [2.75, 3.05) is 0 Å². The maximum atomic E-state index is 11.8. The maximum Gasteiger partial charge on any atom is 0.306 e. The van der Waals surface area contributed by atoms with Gasteiger partial charge in [0.1, 0.15) is 6.10 Å². The first-order valence-corrected chi connectivity index (χ1v) is 7.58. The molecule has 104 valence electrons. The van der Waals surface area contributed by atoms with Gasteiger partial charge in [0.25, 0.3) is 0 Å². The summed E-state index contributed by atoms with van der Waals surface area (Å²) in [4.78, 5) is 11.8. The van der Waals surface area contributed by atoms with Gasteiger partial charge in [-0.05, 0) is 30.4 Å². The van der Waals surface area contributed by atoms with Gasteiger partial charge in [0.15, 0.2) is 0 Å². The number of benzene rings is 1. The minimum atomic E-state index is -0.0294. The summed E-state index contributed by atoms with van der Waals surface area (Å²) in [5.74, 6) is -0.0294. The molecule has 0 aromatic heterocycles. The highest BCUT2D eigenvalue weighted by Crippen LogP contribution is 2.33. The molecule has 0 fully saturated rings. The first kappa shape index (κ1) is 14.1. The molecule has 2 rings (SSSR count). The second-order valence-electron chi connectivity index (χ2n) is 5.38. The van der Waals surface area contributed by atoms with Gasteiger partial charge >= 0.3 is 5.97 Å². The van der Waals surface area contributed by atoms with Crippen molar-refractivity contribution < 1.29 is 9.53 Å². The Morgan fingerprint density at radius 1 is 1.21 bits per heavy atom. The Labute approximate surface area is 116 Å². The fraction of sp³-hybridized carbons (Fsp3) is 0.588. The van der Waals surface area contributed by atoms with Crippen LogP contribution in [0.3, 0.4) is 0 Å². The second kappa shape index (κ2) is 7.32. The fourth-order valence-corrected chi connectivity index (χ4v) is 2.73. The molecular formula is C17H24O2. The summed E-state index contributed by atoms with van der Waals surface area (Å²) in [6.45, 7) is 2.20. The van der Waals surface area contributed by atoms with E-state index in [9.17, 15) is 4.79 Å². The van der Waals surface area contributed by atoms with Crippen molar-refractivity contribution in [3.8, 4) is 0 Å². The van der Waals surface area contributed by atoms with Crippen molar-refractivity contribution >= 4 is 5.97 Å². The zero-order chi connectivity index (χ0) is 13.5. The number of ether oxygens (including phenoxy) is 1. The monoisotopic (exact) mass is 260 g/mol. The molecule has 2 heteroatoms. The summed E-state index contributed by atoms with van der Waals surface area (Å²) in [7, 11) is 0. The van der Waals surface area contributed by atoms with Crippen molar-refractivity contribution in [1.29, 1.82) is 0 Å². The number of fused-ring (bicyclic) bond motifs is 1. The summed E-state index contributed by atoms with van der Waals surface area (Å²) < 4.78 is 5.61. The van der Waals surface area contributed by atoms with Crippen LogP contribution < -0.4 is 0 Å². The van der Waals surface area contributed by atoms with E-state index in [1.165, 1.54) is 30.4 Å². The predicted molar refractivity (Wildman–Crippen MR) is 77.0 cm³/mol. The molecule has 0 heterocycles. The third-order valence-electron chi connectivity index (χ3n) is 3.84. The molecule has 2 nitrogen and oxygen atoms in total. The molecule has 19 heavy (non-hydrogen) atoms. The van der Waals surface area contributed by atoms with E-state index >= 15 is 0 Å². The highest BCUT2D eigenvalue weighted by Gasteiger charge is 2.24. The first-order chi connectivity index (χ1) is 9.31. The predicted octanol–water partition coefficient (Wildman–Crippen LogP) is 4.58. The van der Waals surface area contributed by atoms with Gasteiger partial charge in [0, 0.05) is 6.42 Å². The highest BCUT2D eigenvalue weighted by atomic mass is 16.5. The van der Waals surface area contributed by atoms with Gasteiger partial charge in [-0.1, -0.05) is 56.9 Å². The van der Waals surface area contributed by atoms with Crippen molar-refractivity contribution in [3.63, 3.8) is 0 Å². The van der Waals surface area contributed by atoms with Gasteiger partial charge in [0.2, 0.25) is 0 Å². The lowest BCUT2D eigenvalue weighted by atomic mass is 10.1. The Hall–Kier alpha value is -1.31. The number of hydrogen-bond donors (Lipinski definition) is 0. The minimum absolute atomic E-state index is 0.000609. The van der Waals surface area contributed by atoms with Crippen LogP contribution in [0.5, 0.6) is 0 Å². The molecule has 0 radical (unpaired) electrons. The molecule has 1 aliphatic rings. The molecular weight excluding hydrogens is 236 g/mol. The van der Waals surface area contributed by atoms with Crippen molar-refractivity contribution in [3.05, 3.63) is 35.4 Å². The average Bonchev–Trinajstić information content (AvgIpc) is 2.82. The van der Waals surface area contributed by atoms with Crippen LogP contribution in [0.15, 0.2) is 24.3 Å². The Bertz CT molecular complexity index is 411. The molecule has 1 aromatic rings. The van der Waals surface area contributed by atoms with E-state index in [0.717, 1.165) is 25.7 Å². The average molecular weight is 260 g/mol. The van der Waals surface area contributed by atoms with Gasteiger partial charge < -0.3 is 4.74 Å². The summed E-state index contributed by atoms with van der Waals surface area (Å²) in [5, 5.41) is 0. The Balaban J connectivity index is 1.72. The SMILES string of the molecule is CCCCCCCC(=O)OC1CCc2ccccc21. The van der Waals surface area contributed by atoms with Crippen molar-refractivity contribution in [1.82, 2.24) is 0 Å². The molecule has 1 unspecified atom stereocenters. The summed E-state index contributed by atoms with van der Waals surface area (Å²) in [5.41, 5.74) is 2.55. The molecule has 0 bridgehead atoms. The Kier molecular flexibility index (Phi) is 5.44. The van der Waals surface area contributed by atoms with Crippen LogP contribution in [0.1, 0.15) is 69.1 Å². The van der Waals surface area contributed by atoms with Crippen LogP contribution >= 0.6 is 0 Å². The standard InChI is InChI=1S/C17H24O2/c1-2-3-4-5-6-11-17(18)19-16-13-12-14-9-7-8-10-15(14)16/h7-10,16H,2-6,11-13H2,1H3. The van der Waals surface area contributed by atoms with Crippen LogP contribution in [-0.2, 0) is 16.0 Å². The number of rotatable bonds is 7. The van der Waals surface area contributed by atoms with E-state index in [2.05, 4.69) is 25.1 Å². The van der Waals surface area contributed by atoms with Crippen LogP contribution in [-0.4, -0.2) is 5.97 Å². The second-order valence-corrected chi connectivity index (χ2v) is 5.38. The number of carbonyl (C=O) groups excluding carboxylic acids is 1. The molecule has 0 aliphatic heterocycles. The van der Waals surface area contributed by atoms with E-state index in [0.29, 0.717) is 6.42 Å². The van der Waals surface area contributed by atoms with Crippen LogP contribution in [0.2, 0.25) is 0 Å². The topological polar surface area (TPSA) is 26.3 Å². The zero-order valence-corrected chi connectivity index (χ0v) is 11.9. The van der Waals surface area contributed by atoms with Gasteiger partial charge in [0.05, 0.1) is 0 Å². The quantitative estimate of drug-likeness (QED) is 0.530. The van der Waals surface area contributed by atoms with Gasteiger partial charge in [-0.25, -0.2) is 0 Å². The van der Waals surface area contributed by atoms with Gasteiger partial charge in [-0.15, -0.1) is 0 Å². The largest absolute Gasteiger partial charge is 0.457 e. The van der Waals surface area contributed by atoms with Gasteiger partial charge in [-0.3, -0.25) is 4.79 Å². The zero-order valence-electron chi connectivity index (χ0n) is 11.9. The number of aryl methyl sites for hydroxylation is 1. The smallest absolute Gasteiger partial charge is 0.306 e. The fourth-order valence-electron chi connectivity index (χ4n) is 2.73. The lowest BCUT2D eigenvalue weighted by Gasteiger charge is -2.13. The normalized spacial score (nSPS) is 17.2. The van der Waals surface area contributed by atoms with E-state index in [1.807, 2.05) is 6.07 Å². The Morgan fingerprint density at radius 2 is 2.00 bits per heavy atom. The van der Waals surface area contributed by atoms with Crippen LogP contribution in [0.4, 0.5) is 0 Å². The Morgan fingerprint density at radius 3 is 2.84 bits per heavy atom. The summed E-state index contributed by atoms with van der Waals surface area (Å²) in [6.07, 6.45) is 8.40. The number of hydrogen-bond acceptors (Lipinski definition) is 2. The van der Waals surface area contributed by atoms with Crippen LogP contribution in [0.25, 0.3) is 0 Å². The molecule has 0 N–H and O–H groups in total. The highest BCUT2D eigenvalue weighted by molar-refractivity contribution is 5.69. The lowest BCUT2D eigenvalue weighted by Crippen LogP contribution is -2.08. The number of unbranched alkanes of at least 4 members (excludes halogenated alkanes) is 4. The van der Waals surface area contributed by atoms with Crippen LogP contribution in [0, 0.1) is 0 Å². The number of carbonyl (C=O) groups is 1.